The fourth-order valence-corrected chi connectivity index (χ4v) is 2.80. The molecule has 106 valence electrons. The van der Waals surface area contributed by atoms with Gasteiger partial charge < -0.3 is 10.6 Å². The Balaban J connectivity index is 1.98. The predicted molar refractivity (Wildman–Crippen MR) is 86.6 cm³/mol. The number of nitrogens with zero attached hydrogens (tertiary/aromatic N) is 1. The molecule has 1 heterocycles. The van der Waals surface area contributed by atoms with Crippen LogP contribution in [0.4, 0.5) is 4.39 Å². The summed E-state index contributed by atoms with van der Waals surface area (Å²) >= 11 is 6.67. The number of hydrogen-bond acceptors (Lipinski definition) is 3. The maximum absolute atomic E-state index is 13.8. The number of thiocarbonyl (C=S) groups is 1. The average molecular weight is 308 g/mol. The van der Waals surface area contributed by atoms with E-state index >= 15 is 0 Å². The Morgan fingerprint density at radius 1 is 1.40 bits per heavy atom. The molecule has 20 heavy (non-hydrogen) atoms. The van der Waals surface area contributed by atoms with E-state index in [2.05, 4.69) is 16.3 Å². The topological polar surface area (TPSA) is 29.3 Å². The van der Waals surface area contributed by atoms with Crippen molar-refractivity contribution >= 4 is 28.5 Å². The molecule has 0 aliphatic rings. The van der Waals surface area contributed by atoms with Crippen molar-refractivity contribution in [3.63, 3.8) is 0 Å². The Labute approximate surface area is 128 Å². The van der Waals surface area contributed by atoms with Crippen LogP contribution in [0.1, 0.15) is 16.0 Å². The Bertz CT molecular complexity index is 582. The lowest BCUT2D eigenvalue weighted by molar-refractivity contribution is 0.326. The summed E-state index contributed by atoms with van der Waals surface area (Å²) in [6.45, 7) is 1.44. The van der Waals surface area contributed by atoms with Crippen molar-refractivity contribution in [1.29, 1.82) is 0 Å². The van der Waals surface area contributed by atoms with E-state index in [1.54, 1.807) is 23.5 Å². The van der Waals surface area contributed by atoms with Gasteiger partial charge in [-0.3, -0.25) is 0 Å². The molecule has 1 aromatic heterocycles. The van der Waals surface area contributed by atoms with E-state index < -0.39 is 0 Å². The number of nitrogens with two attached hydrogens (primary N) is 1. The third kappa shape index (κ3) is 4.10. The molecule has 0 saturated heterocycles. The van der Waals surface area contributed by atoms with E-state index in [0.717, 1.165) is 13.0 Å². The Morgan fingerprint density at radius 3 is 2.85 bits per heavy atom. The predicted octanol–water partition coefficient (Wildman–Crippen LogP) is 3.20. The highest BCUT2D eigenvalue weighted by molar-refractivity contribution is 7.80. The second-order valence-corrected chi connectivity index (χ2v) is 6.21. The maximum atomic E-state index is 13.8. The van der Waals surface area contributed by atoms with Gasteiger partial charge in [0.2, 0.25) is 0 Å². The van der Waals surface area contributed by atoms with Crippen molar-refractivity contribution < 1.29 is 4.39 Å². The quantitative estimate of drug-likeness (QED) is 0.831. The summed E-state index contributed by atoms with van der Waals surface area (Å²) in [5.74, 6) is -0.215. The van der Waals surface area contributed by atoms with Crippen LogP contribution >= 0.6 is 23.6 Å². The normalized spacial score (nSPS) is 10.9. The standard InChI is InChI=1S/C15H17FN2S2/c1-18(7-6-13-3-2-8-20-13)10-12-9-11(15(17)19)4-5-14(12)16/h2-5,8-9H,6-7,10H2,1H3,(H2,17,19). The second kappa shape index (κ2) is 6.92. The molecule has 5 heteroatoms. The minimum Gasteiger partial charge on any atom is -0.389 e. The smallest absolute Gasteiger partial charge is 0.127 e. The third-order valence-corrected chi connectivity index (χ3v) is 4.26. The number of halogens is 1. The molecule has 2 rings (SSSR count). The molecular formula is C15H17FN2S2. The molecule has 0 atom stereocenters. The second-order valence-electron chi connectivity index (χ2n) is 4.74. The number of thiophene rings is 1. The van der Waals surface area contributed by atoms with Crippen molar-refractivity contribution in [2.45, 2.75) is 13.0 Å². The van der Waals surface area contributed by atoms with Crippen LogP contribution in [0.2, 0.25) is 0 Å². The summed E-state index contributed by atoms with van der Waals surface area (Å²) in [5, 5.41) is 2.07. The highest BCUT2D eigenvalue weighted by atomic mass is 32.1. The van der Waals surface area contributed by atoms with Crippen LogP contribution in [0.5, 0.6) is 0 Å². The van der Waals surface area contributed by atoms with Gasteiger partial charge >= 0.3 is 0 Å². The first kappa shape index (κ1) is 15.1. The van der Waals surface area contributed by atoms with Gasteiger partial charge in [-0.05, 0) is 43.1 Å². The minimum absolute atomic E-state index is 0.215. The molecule has 2 aromatic rings. The molecule has 0 aliphatic heterocycles. The van der Waals surface area contributed by atoms with Gasteiger partial charge in [0, 0.05) is 29.1 Å². The first-order chi connectivity index (χ1) is 9.56. The van der Waals surface area contributed by atoms with E-state index in [-0.39, 0.29) is 5.82 Å². The van der Waals surface area contributed by atoms with E-state index in [4.69, 9.17) is 18.0 Å². The summed E-state index contributed by atoms with van der Waals surface area (Å²) < 4.78 is 13.8. The lowest BCUT2D eigenvalue weighted by Gasteiger charge is -2.17. The van der Waals surface area contributed by atoms with Crippen LogP contribution in [0.3, 0.4) is 0 Å². The third-order valence-electron chi connectivity index (χ3n) is 3.09. The number of benzene rings is 1. The van der Waals surface area contributed by atoms with Crippen LogP contribution in [0.25, 0.3) is 0 Å². The summed E-state index contributed by atoms with van der Waals surface area (Å²) in [4.78, 5) is 3.74. The zero-order valence-electron chi connectivity index (χ0n) is 11.3. The van der Waals surface area contributed by atoms with Crippen LogP contribution < -0.4 is 5.73 Å². The average Bonchev–Trinajstić information content (AvgIpc) is 2.92. The van der Waals surface area contributed by atoms with Crippen LogP contribution in [-0.4, -0.2) is 23.5 Å². The van der Waals surface area contributed by atoms with Crippen LogP contribution in [0, 0.1) is 5.82 Å². The van der Waals surface area contributed by atoms with Gasteiger partial charge in [-0.1, -0.05) is 18.3 Å². The number of hydrogen-bond donors (Lipinski definition) is 1. The zero-order valence-corrected chi connectivity index (χ0v) is 12.9. The van der Waals surface area contributed by atoms with Gasteiger partial charge in [0.05, 0.1) is 0 Å². The van der Waals surface area contributed by atoms with Crippen molar-refractivity contribution in [3.05, 3.63) is 57.5 Å². The van der Waals surface area contributed by atoms with Gasteiger partial charge in [-0.15, -0.1) is 11.3 Å². The van der Waals surface area contributed by atoms with Gasteiger partial charge in [0.1, 0.15) is 10.8 Å². The van der Waals surface area contributed by atoms with Crippen LogP contribution in [0.15, 0.2) is 35.7 Å². The molecule has 2 nitrogen and oxygen atoms in total. The van der Waals surface area contributed by atoms with Gasteiger partial charge in [-0.2, -0.15) is 0 Å². The van der Waals surface area contributed by atoms with Crippen LogP contribution in [-0.2, 0) is 13.0 Å². The molecule has 0 aliphatic carbocycles. The van der Waals surface area contributed by atoms with Gasteiger partial charge in [0.15, 0.2) is 0 Å². The first-order valence-corrected chi connectivity index (χ1v) is 7.64. The fourth-order valence-electron chi connectivity index (χ4n) is 1.97. The van der Waals surface area contributed by atoms with Crippen molar-refractivity contribution in [3.8, 4) is 0 Å². The Morgan fingerprint density at radius 2 is 2.20 bits per heavy atom. The number of likely N-dealkylation sites (N-methyl/N-ethyl adjacent to an activating group) is 1. The fraction of sp³-hybridized carbons (Fsp3) is 0.267. The lowest BCUT2D eigenvalue weighted by atomic mass is 10.1. The van der Waals surface area contributed by atoms with Gasteiger partial charge in [-0.25, -0.2) is 4.39 Å². The van der Waals surface area contributed by atoms with E-state index in [1.807, 2.05) is 13.1 Å². The maximum Gasteiger partial charge on any atom is 0.127 e. The Hall–Kier alpha value is -1.30. The number of rotatable bonds is 6. The molecule has 0 spiro atoms. The molecule has 0 fully saturated rings. The van der Waals surface area contributed by atoms with E-state index in [0.29, 0.717) is 22.7 Å². The van der Waals surface area contributed by atoms with Crippen molar-refractivity contribution in [2.75, 3.05) is 13.6 Å². The zero-order chi connectivity index (χ0) is 14.5. The molecule has 0 amide bonds. The van der Waals surface area contributed by atoms with E-state index in [1.165, 1.54) is 10.9 Å². The van der Waals surface area contributed by atoms with Crippen molar-refractivity contribution in [2.24, 2.45) is 5.73 Å². The molecule has 2 N–H and O–H groups in total. The molecule has 0 bridgehead atoms. The Kier molecular flexibility index (Phi) is 5.23. The molecule has 0 radical (unpaired) electrons. The molecule has 0 saturated carbocycles. The van der Waals surface area contributed by atoms with Gasteiger partial charge in [0.25, 0.3) is 0 Å². The molecular weight excluding hydrogens is 291 g/mol. The first-order valence-electron chi connectivity index (χ1n) is 6.35. The summed E-state index contributed by atoms with van der Waals surface area (Å²) in [6, 6.07) is 8.95. The highest BCUT2D eigenvalue weighted by Crippen LogP contribution is 2.14. The SMILES string of the molecule is CN(CCc1cccs1)Cc1cc(C(N)=S)ccc1F. The summed E-state index contributed by atoms with van der Waals surface area (Å²) in [5.41, 5.74) is 6.92. The molecule has 1 aromatic carbocycles. The highest BCUT2D eigenvalue weighted by Gasteiger charge is 2.08. The van der Waals surface area contributed by atoms with Crippen molar-refractivity contribution in [1.82, 2.24) is 4.90 Å². The summed E-state index contributed by atoms with van der Waals surface area (Å²) in [7, 11) is 1.99. The monoisotopic (exact) mass is 308 g/mol. The van der Waals surface area contributed by atoms with E-state index in [9.17, 15) is 4.39 Å². The molecule has 0 unspecified atom stereocenters. The lowest BCUT2D eigenvalue weighted by Crippen LogP contribution is -2.21. The minimum atomic E-state index is -0.215. The largest absolute Gasteiger partial charge is 0.389 e. The summed E-state index contributed by atoms with van der Waals surface area (Å²) in [6.07, 6.45) is 0.977.